The highest BCUT2D eigenvalue weighted by Gasteiger charge is 2.22. The van der Waals surface area contributed by atoms with Crippen molar-refractivity contribution in [3.8, 4) is 0 Å². The third-order valence-corrected chi connectivity index (χ3v) is 2.38. The lowest BCUT2D eigenvalue weighted by molar-refractivity contribution is -0.123. The number of aromatic nitrogens is 1. The summed E-state index contributed by atoms with van der Waals surface area (Å²) in [6, 6.07) is 1.70. The van der Waals surface area contributed by atoms with Gasteiger partial charge in [-0.3, -0.25) is 4.79 Å². The van der Waals surface area contributed by atoms with Gasteiger partial charge in [-0.25, -0.2) is 4.98 Å². The predicted molar refractivity (Wildman–Crippen MR) is 64.4 cm³/mol. The number of nitrogens with one attached hydrogen (secondary N) is 1. The van der Waals surface area contributed by atoms with Crippen molar-refractivity contribution in [1.29, 1.82) is 0 Å². The molecular formula is C10H14BrN3O. The van der Waals surface area contributed by atoms with Crippen LogP contribution in [0.1, 0.15) is 20.8 Å². The molecule has 1 aromatic rings. The minimum atomic E-state index is -0.442. The summed E-state index contributed by atoms with van der Waals surface area (Å²) in [6.45, 7) is 5.52. The molecule has 0 aromatic carbocycles. The predicted octanol–water partition coefficient (Wildman–Crippen LogP) is 2.41. The quantitative estimate of drug-likeness (QED) is 0.824. The van der Waals surface area contributed by atoms with Crippen molar-refractivity contribution in [3.05, 3.63) is 16.7 Å². The molecule has 0 saturated heterocycles. The zero-order valence-corrected chi connectivity index (χ0v) is 10.6. The molecular weight excluding hydrogens is 258 g/mol. The van der Waals surface area contributed by atoms with Crippen LogP contribution in [0.25, 0.3) is 0 Å². The van der Waals surface area contributed by atoms with Crippen LogP contribution in [0, 0.1) is 5.41 Å². The molecule has 0 aliphatic heterocycles. The molecule has 15 heavy (non-hydrogen) atoms. The van der Waals surface area contributed by atoms with Crippen molar-refractivity contribution in [2.45, 2.75) is 20.8 Å². The highest BCUT2D eigenvalue weighted by molar-refractivity contribution is 9.10. The molecule has 0 radical (unpaired) electrons. The Morgan fingerprint density at radius 3 is 2.60 bits per heavy atom. The van der Waals surface area contributed by atoms with Gasteiger partial charge >= 0.3 is 0 Å². The van der Waals surface area contributed by atoms with Crippen molar-refractivity contribution in [1.82, 2.24) is 4.98 Å². The molecule has 1 heterocycles. The molecule has 1 rings (SSSR count). The highest BCUT2D eigenvalue weighted by Crippen LogP contribution is 2.24. The Morgan fingerprint density at radius 1 is 1.53 bits per heavy atom. The van der Waals surface area contributed by atoms with E-state index < -0.39 is 5.41 Å². The summed E-state index contributed by atoms with van der Waals surface area (Å²) in [5.74, 6) is 0.407. The summed E-state index contributed by atoms with van der Waals surface area (Å²) in [5, 5.41) is 2.72. The molecule has 1 amide bonds. The first-order valence-corrected chi connectivity index (χ1v) is 5.32. The van der Waals surface area contributed by atoms with Crippen molar-refractivity contribution >= 4 is 33.3 Å². The first-order chi connectivity index (χ1) is 6.80. The largest absolute Gasteiger partial charge is 0.397 e. The average molecular weight is 272 g/mol. The van der Waals surface area contributed by atoms with Crippen LogP contribution in [0.5, 0.6) is 0 Å². The maximum atomic E-state index is 11.7. The van der Waals surface area contributed by atoms with Gasteiger partial charge in [0.2, 0.25) is 5.91 Å². The van der Waals surface area contributed by atoms with E-state index in [1.807, 2.05) is 20.8 Å². The summed E-state index contributed by atoms with van der Waals surface area (Å²) in [4.78, 5) is 15.7. The molecule has 0 saturated carbocycles. The second kappa shape index (κ2) is 4.18. The van der Waals surface area contributed by atoms with E-state index in [0.29, 0.717) is 16.0 Å². The topological polar surface area (TPSA) is 68.0 Å². The molecule has 5 heteroatoms. The van der Waals surface area contributed by atoms with E-state index in [1.165, 1.54) is 6.20 Å². The number of carbonyl (C=O) groups is 1. The normalized spacial score (nSPS) is 11.2. The lowest BCUT2D eigenvalue weighted by Crippen LogP contribution is -2.28. The number of nitrogens with zero attached hydrogens (tertiary/aromatic N) is 1. The smallest absolute Gasteiger partial charge is 0.230 e. The van der Waals surface area contributed by atoms with Crippen molar-refractivity contribution in [3.63, 3.8) is 0 Å². The summed E-state index contributed by atoms with van der Waals surface area (Å²) in [5.41, 5.74) is 5.65. The van der Waals surface area contributed by atoms with E-state index in [9.17, 15) is 4.79 Å². The van der Waals surface area contributed by atoms with Gasteiger partial charge in [0.1, 0.15) is 5.82 Å². The highest BCUT2D eigenvalue weighted by atomic mass is 79.9. The second-order valence-corrected chi connectivity index (χ2v) is 5.16. The summed E-state index contributed by atoms with van der Waals surface area (Å²) in [6.07, 6.45) is 1.50. The number of hydrogen-bond donors (Lipinski definition) is 2. The van der Waals surface area contributed by atoms with Crippen molar-refractivity contribution in [2.75, 3.05) is 11.1 Å². The number of anilines is 2. The van der Waals surface area contributed by atoms with Crippen LogP contribution in [-0.4, -0.2) is 10.9 Å². The van der Waals surface area contributed by atoms with E-state index in [1.54, 1.807) is 6.07 Å². The van der Waals surface area contributed by atoms with Gasteiger partial charge in [0.15, 0.2) is 0 Å². The van der Waals surface area contributed by atoms with Gasteiger partial charge in [0.05, 0.1) is 16.4 Å². The van der Waals surface area contributed by atoms with E-state index >= 15 is 0 Å². The zero-order chi connectivity index (χ0) is 11.6. The Balaban J connectivity index is 2.87. The molecule has 4 nitrogen and oxygen atoms in total. The third-order valence-electron chi connectivity index (χ3n) is 1.78. The van der Waals surface area contributed by atoms with Crippen LogP contribution in [-0.2, 0) is 4.79 Å². The lowest BCUT2D eigenvalue weighted by Gasteiger charge is -2.17. The van der Waals surface area contributed by atoms with E-state index in [2.05, 4.69) is 26.2 Å². The van der Waals surface area contributed by atoms with Crippen molar-refractivity contribution < 1.29 is 4.79 Å². The molecule has 3 N–H and O–H groups in total. The number of nitrogens with two attached hydrogens (primary N) is 1. The van der Waals surface area contributed by atoms with E-state index in [0.717, 1.165) is 0 Å². The number of rotatable bonds is 1. The van der Waals surface area contributed by atoms with E-state index in [-0.39, 0.29) is 5.91 Å². The molecule has 0 aliphatic rings. The minimum Gasteiger partial charge on any atom is -0.397 e. The maximum absolute atomic E-state index is 11.7. The minimum absolute atomic E-state index is 0.0829. The Morgan fingerprint density at radius 2 is 2.13 bits per heavy atom. The fraction of sp³-hybridized carbons (Fsp3) is 0.400. The molecule has 82 valence electrons. The van der Waals surface area contributed by atoms with E-state index in [4.69, 9.17) is 5.73 Å². The number of pyridine rings is 1. The molecule has 0 aliphatic carbocycles. The zero-order valence-electron chi connectivity index (χ0n) is 8.97. The fourth-order valence-corrected chi connectivity index (χ4v) is 1.31. The monoisotopic (exact) mass is 271 g/mol. The molecule has 0 bridgehead atoms. The summed E-state index contributed by atoms with van der Waals surface area (Å²) < 4.78 is 0.681. The summed E-state index contributed by atoms with van der Waals surface area (Å²) in [7, 11) is 0. The molecule has 0 spiro atoms. The van der Waals surface area contributed by atoms with Crippen LogP contribution in [0.15, 0.2) is 16.7 Å². The molecule has 0 fully saturated rings. The van der Waals surface area contributed by atoms with Crippen molar-refractivity contribution in [2.24, 2.45) is 5.41 Å². The average Bonchev–Trinajstić information content (AvgIpc) is 2.08. The number of nitrogen functional groups attached to an aromatic ring is 1. The van der Waals surface area contributed by atoms with Gasteiger partial charge in [0, 0.05) is 5.41 Å². The van der Waals surface area contributed by atoms with Crippen LogP contribution < -0.4 is 11.1 Å². The number of carbonyl (C=O) groups excluding carboxylic acids is 1. The molecule has 1 aromatic heterocycles. The van der Waals surface area contributed by atoms with Gasteiger partial charge in [-0.15, -0.1) is 0 Å². The third kappa shape index (κ3) is 3.20. The van der Waals surface area contributed by atoms with Gasteiger partial charge in [-0.1, -0.05) is 20.8 Å². The SMILES string of the molecule is CC(C)(C)C(=O)Nc1ncc(N)cc1Br. The Bertz CT molecular complexity index is 385. The fourth-order valence-electron chi connectivity index (χ4n) is 0.840. The lowest BCUT2D eigenvalue weighted by atomic mass is 9.96. The van der Waals surface area contributed by atoms with Gasteiger partial charge in [0.25, 0.3) is 0 Å². The van der Waals surface area contributed by atoms with Crippen LogP contribution in [0.3, 0.4) is 0 Å². The number of amides is 1. The van der Waals surface area contributed by atoms with Gasteiger partial charge < -0.3 is 11.1 Å². The van der Waals surface area contributed by atoms with Crippen LogP contribution >= 0.6 is 15.9 Å². The van der Waals surface area contributed by atoms with Crippen LogP contribution in [0.4, 0.5) is 11.5 Å². The Kier molecular flexibility index (Phi) is 3.34. The molecule has 0 unspecified atom stereocenters. The number of halogens is 1. The first-order valence-electron chi connectivity index (χ1n) is 4.53. The number of hydrogen-bond acceptors (Lipinski definition) is 3. The summed E-state index contributed by atoms with van der Waals surface area (Å²) >= 11 is 3.29. The molecule has 0 atom stereocenters. The van der Waals surface area contributed by atoms with Crippen LogP contribution in [0.2, 0.25) is 0 Å². The first kappa shape index (κ1) is 12.0. The second-order valence-electron chi connectivity index (χ2n) is 4.30. The Labute approximate surface area is 97.4 Å². The standard InChI is InChI=1S/C10H14BrN3O/c1-10(2,3)9(15)14-8-7(11)4-6(12)5-13-8/h4-5H,12H2,1-3H3,(H,13,14,15). The van der Waals surface area contributed by atoms with Gasteiger partial charge in [-0.05, 0) is 22.0 Å². The van der Waals surface area contributed by atoms with Gasteiger partial charge in [-0.2, -0.15) is 0 Å². The maximum Gasteiger partial charge on any atom is 0.230 e. The Hall–Kier alpha value is -1.10.